The van der Waals surface area contributed by atoms with Crippen LogP contribution in [-0.4, -0.2) is 26.4 Å². The molecule has 104 valence electrons. The molecule has 0 saturated heterocycles. The van der Waals surface area contributed by atoms with Gasteiger partial charge in [-0.05, 0) is 43.6 Å². The zero-order valence-corrected chi connectivity index (χ0v) is 12.0. The summed E-state index contributed by atoms with van der Waals surface area (Å²) in [5.41, 5.74) is 9.02. The van der Waals surface area contributed by atoms with Crippen molar-refractivity contribution in [2.24, 2.45) is 5.73 Å². The van der Waals surface area contributed by atoms with Gasteiger partial charge in [-0.3, -0.25) is 4.98 Å². The molecule has 0 unspecified atom stereocenters. The number of nitrogens with two attached hydrogens (primary N) is 1. The Morgan fingerprint density at radius 3 is 3.05 bits per heavy atom. The van der Waals surface area contributed by atoms with Crippen LogP contribution in [0.2, 0.25) is 0 Å². The van der Waals surface area contributed by atoms with Gasteiger partial charge in [-0.1, -0.05) is 6.07 Å². The van der Waals surface area contributed by atoms with E-state index in [0.29, 0.717) is 6.42 Å². The van der Waals surface area contributed by atoms with E-state index in [0.717, 1.165) is 43.0 Å². The largest absolute Gasteiger partial charge is 0.374 e. The lowest BCUT2D eigenvalue weighted by Crippen LogP contribution is -2.23. The lowest BCUT2D eigenvalue weighted by atomic mass is 10.1. The molecule has 3 rings (SSSR count). The summed E-state index contributed by atoms with van der Waals surface area (Å²) < 4.78 is 1.65. The highest BCUT2D eigenvalue weighted by Gasteiger charge is 2.21. The zero-order chi connectivity index (χ0) is 13.9. The van der Waals surface area contributed by atoms with Crippen molar-refractivity contribution in [3.63, 3.8) is 0 Å². The molecule has 2 aromatic heterocycles. The van der Waals surface area contributed by atoms with E-state index in [1.807, 2.05) is 18.2 Å². The van der Waals surface area contributed by atoms with Crippen molar-refractivity contribution >= 4 is 23.1 Å². The first kappa shape index (κ1) is 13.1. The van der Waals surface area contributed by atoms with Gasteiger partial charge in [-0.25, -0.2) is 0 Å². The SMILES string of the molecule is NC(=S)n1nc(Cc2ccccn2)c2c1NCCCC2. The molecule has 3 N–H and O–H groups in total. The van der Waals surface area contributed by atoms with Gasteiger partial charge in [-0.15, -0.1) is 0 Å². The summed E-state index contributed by atoms with van der Waals surface area (Å²) in [6.45, 7) is 0.935. The fraction of sp³-hybridized carbons (Fsp3) is 0.357. The van der Waals surface area contributed by atoms with Crippen LogP contribution < -0.4 is 11.1 Å². The van der Waals surface area contributed by atoms with Crippen LogP contribution in [-0.2, 0) is 12.8 Å². The molecule has 0 atom stereocenters. The summed E-state index contributed by atoms with van der Waals surface area (Å²) in [6, 6.07) is 5.92. The molecular weight excluding hydrogens is 270 g/mol. The Hall–Kier alpha value is -1.95. The second-order valence-electron chi connectivity index (χ2n) is 4.91. The van der Waals surface area contributed by atoms with Crippen molar-refractivity contribution < 1.29 is 0 Å². The van der Waals surface area contributed by atoms with Crippen LogP contribution in [0.3, 0.4) is 0 Å². The first-order chi connectivity index (χ1) is 9.75. The number of fused-ring (bicyclic) bond motifs is 1. The maximum absolute atomic E-state index is 5.77. The predicted molar refractivity (Wildman–Crippen MR) is 82.9 cm³/mol. The zero-order valence-electron chi connectivity index (χ0n) is 11.2. The van der Waals surface area contributed by atoms with Crippen LogP contribution in [0.25, 0.3) is 0 Å². The molecule has 0 aliphatic carbocycles. The van der Waals surface area contributed by atoms with E-state index in [9.17, 15) is 0 Å². The molecule has 1 aliphatic heterocycles. The minimum atomic E-state index is 0.280. The van der Waals surface area contributed by atoms with Crippen molar-refractivity contribution in [1.82, 2.24) is 14.8 Å². The molecule has 0 saturated carbocycles. The lowest BCUT2D eigenvalue weighted by molar-refractivity contribution is 0.770. The second-order valence-corrected chi connectivity index (χ2v) is 5.32. The highest BCUT2D eigenvalue weighted by atomic mass is 32.1. The van der Waals surface area contributed by atoms with Crippen LogP contribution in [0.1, 0.15) is 29.8 Å². The Bertz CT molecular complexity index is 620. The van der Waals surface area contributed by atoms with Crippen molar-refractivity contribution in [1.29, 1.82) is 0 Å². The Labute approximate surface area is 123 Å². The number of nitrogens with zero attached hydrogens (tertiary/aromatic N) is 3. The number of rotatable bonds is 2. The van der Waals surface area contributed by atoms with Gasteiger partial charge in [0.2, 0.25) is 0 Å². The standard InChI is InChI=1S/C14H17N5S/c15-14(20)19-13-11(6-2-4-8-17-13)12(18-19)9-10-5-1-3-7-16-10/h1,3,5,7,17H,2,4,6,8-9H2,(H2,15,20). The van der Waals surface area contributed by atoms with Crippen LogP contribution >= 0.6 is 12.2 Å². The number of pyridine rings is 1. The third-order valence-electron chi connectivity index (χ3n) is 3.50. The van der Waals surface area contributed by atoms with Crippen molar-refractivity contribution in [2.75, 3.05) is 11.9 Å². The van der Waals surface area contributed by atoms with Gasteiger partial charge in [0.05, 0.1) is 5.69 Å². The molecular formula is C14H17N5S. The number of aromatic nitrogens is 3. The Morgan fingerprint density at radius 2 is 2.30 bits per heavy atom. The van der Waals surface area contributed by atoms with E-state index in [1.54, 1.807) is 10.9 Å². The topological polar surface area (TPSA) is 68.8 Å². The van der Waals surface area contributed by atoms with Gasteiger partial charge in [0, 0.05) is 30.4 Å². The molecule has 5 nitrogen and oxygen atoms in total. The molecule has 0 spiro atoms. The first-order valence-corrected chi connectivity index (χ1v) is 7.21. The molecule has 0 radical (unpaired) electrons. The van der Waals surface area contributed by atoms with E-state index in [4.69, 9.17) is 18.0 Å². The summed E-state index contributed by atoms with van der Waals surface area (Å²) in [5, 5.41) is 8.25. The van der Waals surface area contributed by atoms with Gasteiger partial charge in [0.1, 0.15) is 5.82 Å². The van der Waals surface area contributed by atoms with Gasteiger partial charge < -0.3 is 11.1 Å². The number of thiocarbonyl (C=S) groups is 1. The Balaban J connectivity index is 2.00. The highest BCUT2D eigenvalue weighted by molar-refractivity contribution is 7.80. The minimum absolute atomic E-state index is 0.280. The second kappa shape index (κ2) is 5.58. The van der Waals surface area contributed by atoms with Crippen LogP contribution in [0.4, 0.5) is 5.82 Å². The summed E-state index contributed by atoms with van der Waals surface area (Å²) in [6.07, 6.45) is 5.82. The van der Waals surface area contributed by atoms with Gasteiger partial charge >= 0.3 is 0 Å². The first-order valence-electron chi connectivity index (χ1n) is 6.80. The fourth-order valence-corrected chi connectivity index (χ4v) is 2.68. The third-order valence-corrected chi connectivity index (χ3v) is 3.67. The fourth-order valence-electron chi connectivity index (χ4n) is 2.55. The molecule has 20 heavy (non-hydrogen) atoms. The number of nitrogens with one attached hydrogen (secondary N) is 1. The minimum Gasteiger partial charge on any atom is -0.374 e. The van der Waals surface area contributed by atoms with Crippen LogP contribution in [0, 0.1) is 0 Å². The van der Waals surface area contributed by atoms with Gasteiger partial charge in [0.15, 0.2) is 5.11 Å². The van der Waals surface area contributed by atoms with Gasteiger partial charge in [0.25, 0.3) is 0 Å². The van der Waals surface area contributed by atoms with Crippen molar-refractivity contribution in [2.45, 2.75) is 25.7 Å². The van der Waals surface area contributed by atoms with Crippen molar-refractivity contribution in [3.8, 4) is 0 Å². The Morgan fingerprint density at radius 1 is 1.40 bits per heavy atom. The molecule has 2 aromatic rings. The normalized spacial score (nSPS) is 14.2. The number of anilines is 1. The summed E-state index contributed by atoms with van der Waals surface area (Å²) in [4.78, 5) is 4.37. The van der Waals surface area contributed by atoms with Crippen molar-refractivity contribution in [3.05, 3.63) is 41.3 Å². The maximum Gasteiger partial charge on any atom is 0.193 e. The monoisotopic (exact) mass is 287 g/mol. The average Bonchev–Trinajstić information content (AvgIpc) is 2.63. The van der Waals surface area contributed by atoms with E-state index in [2.05, 4.69) is 15.4 Å². The highest BCUT2D eigenvalue weighted by Crippen LogP contribution is 2.26. The molecule has 0 bridgehead atoms. The smallest absolute Gasteiger partial charge is 0.193 e. The molecule has 3 heterocycles. The lowest BCUT2D eigenvalue weighted by Gasteiger charge is -2.06. The number of hydrogen-bond acceptors (Lipinski definition) is 4. The summed E-state index contributed by atoms with van der Waals surface area (Å²) in [5.74, 6) is 0.959. The molecule has 1 aliphatic rings. The summed E-state index contributed by atoms with van der Waals surface area (Å²) >= 11 is 5.09. The molecule has 6 heteroatoms. The third kappa shape index (κ3) is 2.51. The van der Waals surface area contributed by atoms with E-state index >= 15 is 0 Å². The van der Waals surface area contributed by atoms with E-state index in [-0.39, 0.29) is 5.11 Å². The van der Waals surface area contributed by atoms with Crippen LogP contribution in [0.15, 0.2) is 24.4 Å². The van der Waals surface area contributed by atoms with Gasteiger partial charge in [-0.2, -0.15) is 9.78 Å². The quantitative estimate of drug-likeness (QED) is 0.823. The Kier molecular flexibility index (Phi) is 3.64. The molecule has 0 aromatic carbocycles. The molecule has 0 amide bonds. The van der Waals surface area contributed by atoms with E-state index in [1.165, 1.54) is 5.56 Å². The summed E-state index contributed by atoms with van der Waals surface area (Å²) in [7, 11) is 0. The number of hydrogen-bond donors (Lipinski definition) is 2. The average molecular weight is 287 g/mol. The predicted octanol–water partition coefficient (Wildman–Crippen LogP) is 1.71. The van der Waals surface area contributed by atoms with E-state index < -0.39 is 0 Å². The van der Waals surface area contributed by atoms with Crippen LogP contribution in [0.5, 0.6) is 0 Å². The molecule has 0 fully saturated rings. The maximum atomic E-state index is 5.77.